The minimum Gasteiger partial charge on any atom is -0.341 e. The average molecular weight is 304 g/mol. The van der Waals surface area contributed by atoms with Gasteiger partial charge in [-0.2, -0.15) is 0 Å². The van der Waals surface area contributed by atoms with E-state index in [9.17, 15) is 9.59 Å². The van der Waals surface area contributed by atoms with E-state index in [-0.39, 0.29) is 11.8 Å². The molecule has 112 valence electrons. The molecule has 0 aliphatic carbocycles. The molecule has 5 heteroatoms. The minimum atomic E-state index is -1.06. The van der Waals surface area contributed by atoms with Crippen LogP contribution in [0.15, 0.2) is 29.2 Å². The van der Waals surface area contributed by atoms with Crippen LogP contribution in [0.2, 0.25) is 0 Å². The second-order valence-electron chi connectivity index (χ2n) is 5.79. The molecule has 1 aromatic carbocycles. The third-order valence-electron chi connectivity index (χ3n) is 4.18. The van der Waals surface area contributed by atoms with Crippen LogP contribution in [0.4, 0.5) is 5.69 Å². The van der Waals surface area contributed by atoms with E-state index >= 15 is 0 Å². The zero-order valence-corrected chi connectivity index (χ0v) is 13.0. The van der Waals surface area contributed by atoms with Crippen molar-refractivity contribution in [3.8, 4) is 0 Å². The lowest BCUT2D eigenvalue weighted by Gasteiger charge is -2.35. The van der Waals surface area contributed by atoms with E-state index in [0.717, 1.165) is 36.5 Å². The lowest BCUT2D eigenvalue weighted by atomic mass is 10.1. The van der Waals surface area contributed by atoms with E-state index in [1.807, 2.05) is 29.2 Å². The van der Waals surface area contributed by atoms with Gasteiger partial charge >= 0.3 is 0 Å². The van der Waals surface area contributed by atoms with Gasteiger partial charge in [-0.25, -0.2) is 0 Å². The molecule has 3 rings (SSSR count). The third-order valence-corrected chi connectivity index (χ3v) is 5.53. The minimum absolute atomic E-state index is 0.0543. The van der Waals surface area contributed by atoms with Crippen molar-refractivity contribution in [3.05, 3.63) is 24.3 Å². The molecule has 1 saturated heterocycles. The second kappa shape index (κ2) is 5.72. The second-order valence-corrected chi connectivity index (χ2v) is 7.25. The van der Waals surface area contributed by atoms with Gasteiger partial charge in [-0.1, -0.05) is 36.7 Å². The predicted molar refractivity (Wildman–Crippen MR) is 84.4 cm³/mol. The fraction of sp³-hybridized carbons (Fsp3) is 0.500. The summed E-state index contributed by atoms with van der Waals surface area (Å²) in [4.78, 5) is 28.2. The maximum atomic E-state index is 12.9. The van der Waals surface area contributed by atoms with Crippen molar-refractivity contribution in [2.75, 3.05) is 18.4 Å². The summed E-state index contributed by atoms with van der Waals surface area (Å²) in [5, 5.41) is 2.88. The van der Waals surface area contributed by atoms with Crippen LogP contribution in [-0.2, 0) is 9.59 Å². The summed E-state index contributed by atoms with van der Waals surface area (Å²) in [5.74, 6) is -0.262. The molecule has 2 aliphatic rings. The van der Waals surface area contributed by atoms with Crippen molar-refractivity contribution in [1.29, 1.82) is 0 Å². The van der Waals surface area contributed by atoms with E-state index in [0.29, 0.717) is 0 Å². The molecule has 0 saturated carbocycles. The van der Waals surface area contributed by atoms with Gasteiger partial charge in [0.05, 0.1) is 5.69 Å². The molecule has 1 fully saturated rings. The molecule has 2 amide bonds. The highest BCUT2D eigenvalue weighted by Gasteiger charge is 2.47. The van der Waals surface area contributed by atoms with Gasteiger partial charge in [-0.15, -0.1) is 0 Å². The van der Waals surface area contributed by atoms with Crippen molar-refractivity contribution in [3.63, 3.8) is 0 Å². The molecule has 0 radical (unpaired) electrons. The standard InChI is InChI=1S/C16H20N2O2S/c1-16(15(20)18-10-6-2-3-7-11-18)14(19)17-12-8-4-5-9-13(12)21-16/h4-5,8-9H,2-3,6-7,10-11H2,1H3,(H,17,19). The lowest BCUT2D eigenvalue weighted by Crippen LogP contribution is -2.53. The summed E-state index contributed by atoms with van der Waals surface area (Å²) in [6, 6.07) is 7.64. The number of benzene rings is 1. The number of amides is 2. The highest BCUT2D eigenvalue weighted by atomic mass is 32.2. The van der Waals surface area contributed by atoms with Gasteiger partial charge in [0.1, 0.15) is 0 Å². The van der Waals surface area contributed by atoms with E-state index in [1.165, 1.54) is 24.6 Å². The van der Waals surface area contributed by atoms with Gasteiger partial charge in [0.2, 0.25) is 11.8 Å². The molecular weight excluding hydrogens is 284 g/mol. The number of fused-ring (bicyclic) bond motifs is 1. The molecule has 0 aromatic heterocycles. The number of carbonyl (C=O) groups excluding carboxylic acids is 2. The van der Waals surface area contributed by atoms with Gasteiger partial charge in [-0.05, 0) is 31.9 Å². The fourth-order valence-corrected chi connectivity index (χ4v) is 4.06. The first-order valence-corrected chi connectivity index (χ1v) is 8.32. The van der Waals surface area contributed by atoms with Crippen molar-refractivity contribution in [1.82, 2.24) is 4.90 Å². The van der Waals surface area contributed by atoms with E-state index < -0.39 is 4.75 Å². The molecule has 1 atom stereocenters. The number of hydrogen-bond acceptors (Lipinski definition) is 3. The molecule has 2 aliphatic heterocycles. The Bertz CT molecular complexity index is 567. The first-order chi connectivity index (χ1) is 10.1. The summed E-state index contributed by atoms with van der Waals surface area (Å²) < 4.78 is -1.06. The number of anilines is 1. The Kier molecular flexibility index (Phi) is 3.93. The Hall–Kier alpha value is -1.49. The Labute approximate surface area is 129 Å². The van der Waals surface area contributed by atoms with Crippen LogP contribution in [0.3, 0.4) is 0 Å². The van der Waals surface area contributed by atoms with Crippen LogP contribution in [0.25, 0.3) is 0 Å². The Morgan fingerprint density at radius 2 is 1.86 bits per heavy atom. The number of rotatable bonds is 1. The van der Waals surface area contributed by atoms with E-state index in [4.69, 9.17) is 0 Å². The molecule has 2 heterocycles. The largest absolute Gasteiger partial charge is 0.341 e. The zero-order chi connectivity index (χ0) is 14.9. The van der Waals surface area contributed by atoms with Crippen LogP contribution in [0.5, 0.6) is 0 Å². The van der Waals surface area contributed by atoms with E-state index in [2.05, 4.69) is 5.32 Å². The lowest BCUT2D eigenvalue weighted by molar-refractivity contribution is -0.137. The molecule has 21 heavy (non-hydrogen) atoms. The maximum absolute atomic E-state index is 12.9. The SMILES string of the molecule is CC1(C(=O)N2CCCCCC2)Sc2ccccc2NC1=O. The summed E-state index contributed by atoms with van der Waals surface area (Å²) in [6.07, 6.45) is 4.40. The van der Waals surface area contributed by atoms with Gasteiger partial charge in [0.15, 0.2) is 4.75 Å². The van der Waals surface area contributed by atoms with Crippen molar-refractivity contribution in [2.24, 2.45) is 0 Å². The number of nitrogens with one attached hydrogen (secondary N) is 1. The van der Waals surface area contributed by atoms with Crippen LogP contribution in [0, 0.1) is 0 Å². The van der Waals surface area contributed by atoms with Crippen LogP contribution in [0.1, 0.15) is 32.6 Å². The molecule has 1 aromatic rings. The van der Waals surface area contributed by atoms with Gasteiger partial charge in [-0.3, -0.25) is 9.59 Å². The summed E-state index contributed by atoms with van der Waals surface area (Å²) >= 11 is 1.37. The first-order valence-electron chi connectivity index (χ1n) is 7.50. The van der Waals surface area contributed by atoms with Crippen molar-refractivity contribution in [2.45, 2.75) is 42.2 Å². The number of hydrogen-bond donors (Lipinski definition) is 1. The molecule has 4 nitrogen and oxygen atoms in total. The Balaban J connectivity index is 1.86. The Morgan fingerprint density at radius 1 is 1.19 bits per heavy atom. The number of likely N-dealkylation sites (tertiary alicyclic amines) is 1. The monoisotopic (exact) mass is 304 g/mol. The highest BCUT2D eigenvalue weighted by Crippen LogP contribution is 2.43. The molecule has 0 bridgehead atoms. The average Bonchev–Trinajstić information content (AvgIpc) is 2.76. The number of nitrogens with zero attached hydrogens (tertiary/aromatic N) is 1. The van der Waals surface area contributed by atoms with Crippen molar-refractivity contribution >= 4 is 29.3 Å². The maximum Gasteiger partial charge on any atom is 0.250 e. The normalized spacial score (nSPS) is 25.8. The van der Waals surface area contributed by atoms with Crippen LogP contribution in [-0.4, -0.2) is 34.6 Å². The number of thioether (sulfide) groups is 1. The predicted octanol–water partition coefficient (Wildman–Crippen LogP) is 2.89. The first kappa shape index (κ1) is 14.4. The zero-order valence-electron chi connectivity index (χ0n) is 12.2. The summed E-state index contributed by atoms with van der Waals surface area (Å²) in [6.45, 7) is 3.28. The van der Waals surface area contributed by atoms with Crippen LogP contribution < -0.4 is 5.32 Å². The molecule has 1 N–H and O–H groups in total. The smallest absolute Gasteiger partial charge is 0.250 e. The number of carbonyl (C=O) groups is 2. The Morgan fingerprint density at radius 3 is 2.57 bits per heavy atom. The highest BCUT2D eigenvalue weighted by molar-refractivity contribution is 8.02. The fourth-order valence-electron chi connectivity index (χ4n) is 2.88. The summed E-state index contributed by atoms with van der Waals surface area (Å²) in [5.41, 5.74) is 0.800. The van der Waals surface area contributed by atoms with Gasteiger partial charge in [0.25, 0.3) is 0 Å². The quantitative estimate of drug-likeness (QED) is 0.812. The topological polar surface area (TPSA) is 49.4 Å². The van der Waals surface area contributed by atoms with Gasteiger partial charge in [0, 0.05) is 18.0 Å². The van der Waals surface area contributed by atoms with Crippen LogP contribution >= 0.6 is 11.8 Å². The molecule has 1 unspecified atom stereocenters. The van der Waals surface area contributed by atoms with Gasteiger partial charge < -0.3 is 10.2 Å². The van der Waals surface area contributed by atoms with Crippen molar-refractivity contribution < 1.29 is 9.59 Å². The molecule has 0 spiro atoms. The van der Waals surface area contributed by atoms with E-state index in [1.54, 1.807) is 6.92 Å². The summed E-state index contributed by atoms with van der Waals surface area (Å²) in [7, 11) is 0. The third kappa shape index (κ3) is 2.67. The number of para-hydroxylation sites is 1. The molecular formula is C16H20N2O2S.